The second-order valence-electron chi connectivity index (χ2n) is 15.3. The molecule has 1 aromatic heterocycles. The third-order valence-electron chi connectivity index (χ3n) is 11.2. The Kier molecular flexibility index (Phi) is 9.10. The lowest BCUT2D eigenvalue weighted by atomic mass is 9.79. The van der Waals surface area contributed by atoms with Crippen LogP contribution in [0.5, 0.6) is 0 Å². The average molecular weight is 642 g/mol. The fraction of sp³-hybridized carbons (Fsp3) is 0.409. The second-order valence-corrected chi connectivity index (χ2v) is 18.4. The third kappa shape index (κ3) is 6.31. The van der Waals surface area contributed by atoms with Gasteiger partial charge in [0.15, 0.2) is 0 Å². The summed E-state index contributed by atoms with van der Waals surface area (Å²) in [5, 5.41) is 4.84. The summed E-state index contributed by atoms with van der Waals surface area (Å²) in [6, 6.07) is 10.8. The fourth-order valence-corrected chi connectivity index (χ4v) is 11.9. The van der Waals surface area contributed by atoms with Crippen LogP contribution in [0.1, 0.15) is 103 Å². The molecule has 4 unspecified atom stereocenters. The zero-order chi connectivity index (χ0) is 32.6. The van der Waals surface area contributed by atoms with Gasteiger partial charge >= 0.3 is 0 Å². The largest absolute Gasteiger partial charge is 0.338 e. The van der Waals surface area contributed by atoms with Crippen LogP contribution in [0.15, 0.2) is 107 Å². The normalized spacial score (nSPS) is 25.7. The maximum atomic E-state index is 15.6. The molecule has 0 N–H and O–H groups in total. The molecule has 5 aliphatic rings. The number of benzene rings is 1. The van der Waals surface area contributed by atoms with E-state index >= 15 is 4.57 Å². The summed E-state index contributed by atoms with van der Waals surface area (Å²) in [5.74, 6) is 0.372. The van der Waals surface area contributed by atoms with Crippen molar-refractivity contribution < 1.29 is 4.57 Å². The molecule has 7 rings (SSSR count). The van der Waals surface area contributed by atoms with Crippen molar-refractivity contribution in [1.82, 2.24) is 4.57 Å². The summed E-state index contributed by atoms with van der Waals surface area (Å²) in [5.41, 5.74) is 7.62. The van der Waals surface area contributed by atoms with Crippen LogP contribution in [0.2, 0.25) is 0 Å². The highest BCUT2D eigenvalue weighted by molar-refractivity contribution is 7.76. The Morgan fingerprint density at radius 3 is 2.49 bits per heavy atom. The maximum Gasteiger partial charge on any atom is 0.146 e. The van der Waals surface area contributed by atoms with Crippen molar-refractivity contribution in [3.05, 3.63) is 129 Å². The number of hydrogen-bond acceptors (Lipinski definition) is 1. The van der Waals surface area contributed by atoms with Crippen LogP contribution in [0, 0.1) is 11.3 Å². The molecule has 1 heterocycles. The van der Waals surface area contributed by atoms with E-state index in [1.165, 1.54) is 28.2 Å². The molecule has 3 heteroatoms. The van der Waals surface area contributed by atoms with Gasteiger partial charge in [-0.15, -0.1) is 0 Å². The molecule has 0 spiro atoms. The van der Waals surface area contributed by atoms with Crippen LogP contribution in [0.3, 0.4) is 0 Å². The van der Waals surface area contributed by atoms with Crippen LogP contribution in [0.4, 0.5) is 0 Å². The van der Waals surface area contributed by atoms with Crippen molar-refractivity contribution in [2.75, 3.05) is 0 Å². The van der Waals surface area contributed by atoms with Crippen molar-refractivity contribution in [3.8, 4) is 0 Å². The van der Waals surface area contributed by atoms with E-state index in [0.29, 0.717) is 12.0 Å². The third-order valence-corrected chi connectivity index (χ3v) is 14.8. The van der Waals surface area contributed by atoms with Crippen molar-refractivity contribution in [1.29, 1.82) is 0 Å². The van der Waals surface area contributed by atoms with Crippen molar-refractivity contribution in [3.63, 3.8) is 0 Å². The summed E-state index contributed by atoms with van der Waals surface area (Å²) in [6.45, 7) is 9.30. The van der Waals surface area contributed by atoms with E-state index in [9.17, 15) is 0 Å². The van der Waals surface area contributed by atoms with Crippen LogP contribution in [-0.2, 0) is 11.0 Å². The minimum absolute atomic E-state index is 0.0418. The highest BCUT2D eigenvalue weighted by Gasteiger charge is 2.39. The Balaban J connectivity index is 1.25. The summed E-state index contributed by atoms with van der Waals surface area (Å²) in [4.78, 5) is 0. The Hall–Kier alpha value is -3.35. The number of rotatable bonds is 5. The SMILES string of the molecule is CC1C=CC=c2c3c(n(C4CCC=C(C5=CC=C(C(C)(C)C)CC5)CC4)c2=C1)C=CC(P(=O)(C1=CC=CCCC1)c1ccccc1)C3. The number of hydrogen-bond donors (Lipinski definition) is 0. The van der Waals surface area contributed by atoms with Gasteiger partial charge in [-0.2, -0.15) is 0 Å². The van der Waals surface area contributed by atoms with Crippen LogP contribution >= 0.6 is 7.14 Å². The summed E-state index contributed by atoms with van der Waals surface area (Å²) in [7, 11) is -2.88. The summed E-state index contributed by atoms with van der Waals surface area (Å²) in [6.07, 6.45) is 38.7. The maximum absolute atomic E-state index is 15.6. The topological polar surface area (TPSA) is 22.0 Å². The fourth-order valence-electron chi connectivity index (χ4n) is 8.56. The van der Waals surface area contributed by atoms with Crippen molar-refractivity contribution in [2.45, 2.75) is 104 Å². The number of nitrogens with zero attached hydrogens (tertiary/aromatic N) is 1. The van der Waals surface area contributed by atoms with E-state index in [2.05, 4.69) is 129 Å². The molecule has 244 valence electrons. The molecule has 0 radical (unpaired) electrons. The lowest BCUT2D eigenvalue weighted by Gasteiger charge is -2.31. The number of fused-ring (bicyclic) bond motifs is 3. The smallest absolute Gasteiger partial charge is 0.146 e. The molecular weight excluding hydrogens is 589 g/mol. The lowest BCUT2D eigenvalue weighted by molar-refractivity contribution is 0.437. The predicted octanol–water partition coefficient (Wildman–Crippen LogP) is 10.2. The molecule has 0 aliphatic heterocycles. The van der Waals surface area contributed by atoms with E-state index in [1.54, 1.807) is 16.7 Å². The van der Waals surface area contributed by atoms with Gasteiger partial charge in [0.1, 0.15) is 7.14 Å². The van der Waals surface area contributed by atoms with E-state index < -0.39 is 7.14 Å². The quantitative estimate of drug-likeness (QED) is 0.298. The Morgan fingerprint density at radius 1 is 0.851 bits per heavy atom. The highest BCUT2D eigenvalue weighted by Crippen LogP contribution is 2.61. The Bertz CT molecular complexity index is 1910. The van der Waals surface area contributed by atoms with Gasteiger partial charge in [0.2, 0.25) is 0 Å². The van der Waals surface area contributed by atoms with Gasteiger partial charge in [-0.3, -0.25) is 0 Å². The number of aromatic nitrogens is 1. The van der Waals surface area contributed by atoms with Gasteiger partial charge in [0.25, 0.3) is 0 Å². The molecular formula is C44H52NOP. The first-order valence-electron chi connectivity index (χ1n) is 18.2. The molecule has 0 fully saturated rings. The van der Waals surface area contributed by atoms with Gasteiger partial charge in [0.05, 0.1) is 0 Å². The van der Waals surface area contributed by atoms with E-state index in [0.717, 1.165) is 68.4 Å². The summed E-state index contributed by atoms with van der Waals surface area (Å²) < 4.78 is 18.3. The van der Waals surface area contributed by atoms with Crippen molar-refractivity contribution >= 4 is 30.7 Å². The van der Waals surface area contributed by atoms with Gasteiger partial charge in [-0.05, 0) is 104 Å². The molecule has 0 saturated carbocycles. The predicted molar refractivity (Wildman–Crippen MR) is 203 cm³/mol. The molecule has 0 saturated heterocycles. The zero-order valence-electron chi connectivity index (χ0n) is 28.9. The van der Waals surface area contributed by atoms with Crippen LogP contribution in [-0.4, -0.2) is 10.2 Å². The first-order chi connectivity index (χ1) is 22.7. The minimum atomic E-state index is -2.88. The minimum Gasteiger partial charge on any atom is -0.338 e. The summed E-state index contributed by atoms with van der Waals surface area (Å²) >= 11 is 0. The highest BCUT2D eigenvalue weighted by atomic mass is 31.2. The van der Waals surface area contributed by atoms with E-state index in [1.807, 2.05) is 6.07 Å². The average Bonchev–Trinajstić information content (AvgIpc) is 3.43. The lowest BCUT2D eigenvalue weighted by Crippen LogP contribution is -2.33. The van der Waals surface area contributed by atoms with Crippen LogP contribution in [0.25, 0.3) is 18.2 Å². The Labute approximate surface area is 282 Å². The first-order valence-corrected chi connectivity index (χ1v) is 19.9. The Morgan fingerprint density at radius 2 is 1.70 bits per heavy atom. The molecule has 5 aliphatic carbocycles. The van der Waals surface area contributed by atoms with Gasteiger partial charge in [-0.25, -0.2) is 0 Å². The number of allylic oxidation sites excluding steroid dienone is 13. The van der Waals surface area contributed by atoms with E-state index in [4.69, 9.17) is 0 Å². The first kappa shape index (κ1) is 32.2. The molecule has 1 aromatic carbocycles. The van der Waals surface area contributed by atoms with Crippen molar-refractivity contribution in [2.24, 2.45) is 11.3 Å². The molecule has 2 nitrogen and oxygen atoms in total. The van der Waals surface area contributed by atoms with Crippen LogP contribution < -0.4 is 15.9 Å². The second kappa shape index (κ2) is 13.3. The monoisotopic (exact) mass is 641 g/mol. The standard InChI is InChI=1S/C44H52NOP/c1-32-14-12-21-40-41-31-39(47(46,38-19-10-7-11-20-38)37-17-8-5-6-9-18-37)28-29-42(41)45(43(40)30-32)36-16-13-15-33(24-27-36)34-22-25-35(26-23-34)44(2,3)4/h5,7-8,10-12,14-15,17,19-22,25,28-30,32,36,39H,6,9,13,16,18,23-24,26-27,31H2,1-4H3. The van der Waals surface area contributed by atoms with Gasteiger partial charge < -0.3 is 9.13 Å². The van der Waals surface area contributed by atoms with E-state index in [-0.39, 0.29) is 11.1 Å². The molecule has 4 atom stereocenters. The molecule has 2 aromatic rings. The zero-order valence-corrected chi connectivity index (χ0v) is 29.8. The molecule has 0 amide bonds. The molecule has 47 heavy (non-hydrogen) atoms. The molecule has 0 bridgehead atoms. The van der Waals surface area contributed by atoms with Gasteiger partial charge in [-0.1, -0.05) is 130 Å². The van der Waals surface area contributed by atoms with Gasteiger partial charge in [0, 0.05) is 33.3 Å².